The Balaban J connectivity index is 1.88. The third kappa shape index (κ3) is 5.22. The van der Waals surface area contributed by atoms with Gasteiger partial charge >= 0.3 is 5.97 Å². The van der Waals surface area contributed by atoms with Crippen molar-refractivity contribution in [3.8, 4) is 5.75 Å². The second-order valence-corrected chi connectivity index (χ2v) is 4.98. The minimum atomic E-state index is -0.280. The molecule has 3 heteroatoms. The molecule has 2 aromatic carbocycles. The molecule has 2 rings (SSSR count). The van der Waals surface area contributed by atoms with E-state index in [9.17, 15) is 9.59 Å². The van der Waals surface area contributed by atoms with Gasteiger partial charge < -0.3 is 9.53 Å². The van der Waals surface area contributed by atoms with E-state index in [1.54, 1.807) is 19.1 Å². The number of hydrogen-bond donors (Lipinski definition) is 0. The van der Waals surface area contributed by atoms with Gasteiger partial charge in [-0.25, -0.2) is 0 Å². The minimum absolute atomic E-state index is 0.174. The fourth-order valence-electron chi connectivity index (χ4n) is 1.97. The van der Waals surface area contributed by atoms with E-state index in [0.29, 0.717) is 18.6 Å². The summed E-state index contributed by atoms with van der Waals surface area (Å²) < 4.78 is 5.29. The van der Waals surface area contributed by atoms with Gasteiger partial charge in [0, 0.05) is 6.42 Å². The third-order valence-corrected chi connectivity index (χ3v) is 3.11. The maximum Gasteiger partial charge on any atom is 0.315 e. The average molecular weight is 282 g/mol. The Kier molecular flexibility index (Phi) is 5.27. The average Bonchev–Trinajstić information content (AvgIpc) is 2.47. The van der Waals surface area contributed by atoms with Crippen LogP contribution in [0.5, 0.6) is 5.75 Å². The highest BCUT2D eigenvalue weighted by molar-refractivity contribution is 5.76. The van der Waals surface area contributed by atoms with Crippen molar-refractivity contribution < 1.29 is 14.3 Å². The number of aryl methyl sites for hydroxylation is 1. The largest absolute Gasteiger partial charge is 0.426 e. The zero-order valence-electron chi connectivity index (χ0n) is 12.0. The van der Waals surface area contributed by atoms with Crippen LogP contribution in [-0.2, 0) is 22.4 Å². The molecule has 0 atom stereocenters. The Labute approximate surface area is 124 Å². The molecule has 0 radical (unpaired) electrons. The molecule has 108 valence electrons. The first-order valence-electron chi connectivity index (χ1n) is 6.96. The molecule has 0 aliphatic carbocycles. The molecule has 21 heavy (non-hydrogen) atoms. The first kappa shape index (κ1) is 15.0. The fraction of sp³-hybridized carbons (Fsp3) is 0.222. The maximum absolute atomic E-state index is 11.8. The first-order valence-corrected chi connectivity index (χ1v) is 6.96. The molecule has 0 heterocycles. The van der Waals surface area contributed by atoms with Crippen LogP contribution in [0.1, 0.15) is 24.5 Å². The molecular weight excluding hydrogens is 264 g/mol. The van der Waals surface area contributed by atoms with E-state index >= 15 is 0 Å². The van der Waals surface area contributed by atoms with Crippen molar-refractivity contribution in [1.29, 1.82) is 0 Å². The fourth-order valence-corrected chi connectivity index (χ4v) is 1.97. The quantitative estimate of drug-likeness (QED) is 0.603. The van der Waals surface area contributed by atoms with Gasteiger partial charge in [-0.15, -0.1) is 0 Å². The van der Waals surface area contributed by atoms with Gasteiger partial charge in [0.1, 0.15) is 11.5 Å². The van der Waals surface area contributed by atoms with Crippen LogP contribution in [0.4, 0.5) is 0 Å². The van der Waals surface area contributed by atoms with E-state index in [1.165, 1.54) is 0 Å². The second kappa shape index (κ2) is 7.39. The van der Waals surface area contributed by atoms with Crippen LogP contribution in [0, 0.1) is 0 Å². The molecule has 0 aliphatic heterocycles. The smallest absolute Gasteiger partial charge is 0.315 e. The van der Waals surface area contributed by atoms with Gasteiger partial charge in [0.25, 0.3) is 0 Å². The Morgan fingerprint density at radius 3 is 2.19 bits per heavy atom. The van der Waals surface area contributed by atoms with Crippen molar-refractivity contribution in [3.63, 3.8) is 0 Å². The van der Waals surface area contributed by atoms with E-state index in [0.717, 1.165) is 11.1 Å². The first-order chi connectivity index (χ1) is 10.1. The van der Waals surface area contributed by atoms with Crippen LogP contribution < -0.4 is 4.74 Å². The monoisotopic (exact) mass is 282 g/mol. The zero-order chi connectivity index (χ0) is 15.1. The molecule has 3 nitrogen and oxygen atoms in total. The SMILES string of the molecule is CC(=O)CCc1ccc(OC(=O)Cc2ccccc2)cc1. The van der Waals surface area contributed by atoms with Crippen LogP contribution in [0.15, 0.2) is 54.6 Å². The summed E-state index contributed by atoms with van der Waals surface area (Å²) in [6.45, 7) is 1.58. The summed E-state index contributed by atoms with van der Waals surface area (Å²) in [4.78, 5) is 22.7. The van der Waals surface area contributed by atoms with Gasteiger partial charge in [-0.1, -0.05) is 42.5 Å². The van der Waals surface area contributed by atoms with Gasteiger partial charge in [-0.3, -0.25) is 4.79 Å². The third-order valence-electron chi connectivity index (χ3n) is 3.11. The zero-order valence-corrected chi connectivity index (χ0v) is 12.0. The van der Waals surface area contributed by atoms with Crippen molar-refractivity contribution in [2.45, 2.75) is 26.2 Å². The minimum Gasteiger partial charge on any atom is -0.426 e. The lowest BCUT2D eigenvalue weighted by Gasteiger charge is -2.05. The highest BCUT2D eigenvalue weighted by atomic mass is 16.5. The summed E-state index contributed by atoms with van der Waals surface area (Å²) in [6, 6.07) is 16.8. The van der Waals surface area contributed by atoms with Gasteiger partial charge in [0.15, 0.2) is 0 Å². The highest BCUT2D eigenvalue weighted by Gasteiger charge is 2.06. The lowest BCUT2D eigenvalue weighted by atomic mass is 10.1. The van der Waals surface area contributed by atoms with Crippen LogP contribution >= 0.6 is 0 Å². The number of ether oxygens (including phenoxy) is 1. The van der Waals surface area contributed by atoms with Gasteiger partial charge in [-0.05, 0) is 36.6 Å². The summed E-state index contributed by atoms with van der Waals surface area (Å²) in [6.07, 6.45) is 1.51. The number of carbonyl (C=O) groups is 2. The van der Waals surface area contributed by atoms with Gasteiger partial charge in [-0.2, -0.15) is 0 Å². The number of ketones is 1. The Morgan fingerprint density at radius 2 is 1.57 bits per heavy atom. The molecule has 0 spiro atoms. The van der Waals surface area contributed by atoms with Crippen molar-refractivity contribution in [3.05, 3.63) is 65.7 Å². The maximum atomic E-state index is 11.8. The number of esters is 1. The number of Topliss-reactive ketones (excluding diaryl/α,β-unsaturated/α-hetero) is 1. The van der Waals surface area contributed by atoms with E-state index in [2.05, 4.69) is 0 Å². The van der Waals surface area contributed by atoms with Crippen LogP contribution in [-0.4, -0.2) is 11.8 Å². The van der Waals surface area contributed by atoms with Crippen molar-refractivity contribution in [2.24, 2.45) is 0 Å². The molecule has 0 saturated carbocycles. The van der Waals surface area contributed by atoms with Crippen molar-refractivity contribution in [1.82, 2.24) is 0 Å². The van der Waals surface area contributed by atoms with Crippen LogP contribution in [0.2, 0.25) is 0 Å². The van der Waals surface area contributed by atoms with Crippen molar-refractivity contribution in [2.75, 3.05) is 0 Å². The molecule has 2 aromatic rings. The molecule has 0 amide bonds. The predicted molar refractivity (Wildman–Crippen MR) is 81.2 cm³/mol. The molecular formula is C18H18O3. The molecule has 0 aliphatic rings. The Hall–Kier alpha value is -2.42. The predicted octanol–water partition coefficient (Wildman–Crippen LogP) is 3.36. The normalized spacial score (nSPS) is 10.1. The topological polar surface area (TPSA) is 43.4 Å². The molecule has 0 N–H and O–H groups in total. The van der Waals surface area contributed by atoms with Crippen LogP contribution in [0.3, 0.4) is 0 Å². The Bertz CT molecular complexity index is 600. The lowest BCUT2D eigenvalue weighted by Crippen LogP contribution is -2.11. The van der Waals surface area contributed by atoms with Gasteiger partial charge in [0.05, 0.1) is 6.42 Å². The van der Waals surface area contributed by atoms with E-state index in [1.807, 2.05) is 42.5 Å². The summed E-state index contributed by atoms with van der Waals surface area (Å²) in [5.41, 5.74) is 1.99. The number of rotatable bonds is 6. The highest BCUT2D eigenvalue weighted by Crippen LogP contribution is 2.14. The Morgan fingerprint density at radius 1 is 0.905 bits per heavy atom. The van der Waals surface area contributed by atoms with E-state index in [-0.39, 0.29) is 18.2 Å². The number of benzene rings is 2. The van der Waals surface area contributed by atoms with Crippen LogP contribution in [0.25, 0.3) is 0 Å². The lowest BCUT2D eigenvalue weighted by molar-refractivity contribution is -0.133. The summed E-state index contributed by atoms with van der Waals surface area (Å²) in [5.74, 6) is 0.425. The standard InChI is InChI=1S/C18H18O3/c1-14(19)7-8-15-9-11-17(12-10-15)21-18(20)13-16-5-3-2-4-6-16/h2-6,9-12H,7-8,13H2,1H3. The summed E-state index contributed by atoms with van der Waals surface area (Å²) in [7, 11) is 0. The summed E-state index contributed by atoms with van der Waals surface area (Å²) in [5, 5.41) is 0. The number of hydrogen-bond acceptors (Lipinski definition) is 3. The van der Waals surface area contributed by atoms with Gasteiger partial charge in [0.2, 0.25) is 0 Å². The summed E-state index contributed by atoms with van der Waals surface area (Å²) >= 11 is 0. The molecule has 0 fully saturated rings. The van der Waals surface area contributed by atoms with E-state index in [4.69, 9.17) is 4.74 Å². The van der Waals surface area contributed by atoms with Crippen molar-refractivity contribution >= 4 is 11.8 Å². The molecule has 0 bridgehead atoms. The van der Waals surface area contributed by atoms with E-state index < -0.39 is 0 Å². The second-order valence-electron chi connectivity index (χ2n) is 4.98. The molecule has 0 unspecified atom stereocenters. The molecule has 0 aromatic heterocycles. The molecule has 0 saturated heterocycles. The number of carbonyl (C=O) groups excluding carboxylic acids is 2.